The number of ether oxygens (including phenoxy) is 6. The van der Waals surface area contributed by atoms with Gasteiger partial charge in [0, 0.05) is 61.9 Å². The highest BCUT2D eigenvalue weighted by atomic mass is 35.5. The van der Waals surface area contributed by atoms with Crippen LogP contribution in [0.5, 0.6) is 0 Å². The average Bonchev–Trinajstić information content (AvgIpc) is 1.14. The van der Waals surface area contributed by atoms with Crippen molar-refractivity contribution in [2.75, 3.05) is 32.4 Å². The fourth-order valence-corrected chi connectivity index (χ4v) is 9.47. The number of nitrogens with one attached hydrogen (secondary N) is 1. The number of Topliss-reactive ketones (excluding diaryl/α,β-unsaturated/α-hetero) is 1. The lowest BCUT2D eigenvalue weighted by molar-refractivity contribution is -0.727. The Balaban J connectivity index is 0.000000697. The second kappa shape index (κ2) is 40.4. The highest BCUT2D eigenvalue weighted by molar-refractivity contribution is 6.17. The summed E-state index contributed by atoms with van der Waals surface area (Å²) >= 11 is 5.49. The number of hydrogen-bond donors (Lipinski definition) is 1. The topological polar surface area (TPSA) is 261 Å². The van der Waals surface area contributed by atoms with Crippen LogP contribution in [0.2, 0.25) is 0 Å². The highest BCUT2D eigenvalue weighted by Crippen LogP contribution is 2.32. The Morgan fingerprint density at radius 1 is 0.611 bits per heavy atom. The van der Waals surface area contributed by atoms with Crippen molar-refractivity contribution < 1.29 is 93.3 Å². The maximum Gasteiger partial charge on any atom is 0.414 e. The number of nitrogens with zero attached hydrogens (tertiary/aromatic N) is 4. The van der Waals surface area contributed by atoms with Crippen LogP contribution < -0.4 is 22.3 Å². The largest absolute Gasteiger partial charge is 1.00 e. The van der Waals surface area contributed by atoms with Crippen molar-refractivity contribution in [1.29, 1.82) is 0 Å². The summed E-state index contributed by atoms with van der Waals surface area (Å²) in [6.45, 7) is 27.9. The number of likely N-dealkylation sites (tertiary alicyclic amines) is 2. The number of carbonyl (C=O) groups excluding carboxylic acids is 10. The van der Waals surface area contributed by atoms with E-state index in [0.29, 0.717) is 23.6 Å². The molecule has 2 saturated heterocycles. The van der Waals surface area contributed by atoms with E-state index in [0.717, 1.165) is 45.1 Å². The molecule has 3 amide bonds. The Bertz CT molecular complexity index is 2850. The van der Waals surface area contributed by atoms with E-state index in [1.54, 1.807) is 89.0 Å². The molecule has 4 heterocycles. The Labute approximate surface area is 542 Å². The molecule has 6 atom stereocenters. The number of hydrogen-bond acceptors (Lipinski definition) is 17. The van der Waals surface area contributed by atoms with Crippen molar-refractivity contribution in [3.8, 4) is 0 Å². The van der Waals surface area contributed by atoms with Gasteiger partial charge in [-0.1, -0.05) is 86.1 Å². The molecule has 1 N–H and O–H groups in total. The number of alkyl halides is 1. The Hall–Kier alpha value is -7.38. The van der Waals surface area contributed by atoms with Crippen LogP contribution in [0.25, 0.3) is 0 Å². The van der Waals surface area contributed by atoms with Crippen molar-refractivity contribution in [3.05, 3.63) is 132 Å². The van der Waals surface area contributed by atoms with Gasteiger partial charge in [-0.05, 0) is 151 Å². The molecular weight excluding hydrogens is 1200 g/mol. The first kappa shape index (κ1) is 80.6. The first-order valence-electron chi connectivity index (χ1n) is 29.8. The smallest absolute Gasteiger partial charge is 0.414 e. The van der Waals surface area contributed by atoms with Crippen molar-refractivity contribution in [2.24, 2.45) is 5.92 Å². The Kier molecular flexibility index (Phi) is 36.2. The maximum atomic E-state index is 13.2. The monoisotopic (exact) mass is 1290 g/mol. The van der Waals surface area contributed by atoms with Crippen LogP contribution in [0.1, 0.15) is 186 Å². The molecule has 0 saturated carbocycles. The van der Waals surface area contributed by atoms with E-state index < -0.39 is 52.2 Å². The van der Waals surface area contributed by atoms with Crippen LogP contribution in [0, 0.1) is 5.92 Å². The quantitative estimate of drug-likeness (QED) is 0.0323. The fraction of sp³-hybridized carbons (Fsp3) is 0.552. The van der Waals surface area contributed by atoms with Crippen LogP contribution >= 0.6 is 11.6 Å². The van der Waals surface area contributed by atoms with E-state index in [2.05, 4.69) is 48.4 Å². The molecule has 0 radical (unpaired) electrons. The normalized spacial score (nSPS) is 15.9. The van der Waals surface area contributed by atoms with Crippen molar-refractivity contribution in [2.45, 2.75) is 201 Å². The molecule has 21 nitrogen and oxygen atoms in total. The van der Waals surface area contributed by atoms with Crippen molar-refractivity contribution >= 4 is 59.7 Å². The number of carbonyl (C=O) groups is 6. The summed E-state index contributed by atoms with van der Waals surface area (Å²) in [5.74, 6) is -1.84. The SMILES string of the molecule is CC(C)(C)OC[C@H](NC(=O)c1cccnc1)C(=O)OC(C)(C)C.C[C@H](c1ccccc1)C1CCCCN1C(=O)OCCl.C[C@H](c1ccccc1)C1CCCCN1C(=O)OC[n+]1cccc(C(=O)C[C@@H](COC(C)(C)C)C(=O)OC(C)(C)C)c1.O=C=O.O=C=O.[Cl-]. The van der Waals surface area contributed by atoms with Crippen molar-refractivity contribution in [3.63, 3.8) is 0 Å². The van der Waals surface area contributed by atoms with Gasteiger partial charge < -0.3 is 55.9 Å². The van der Waals surface area contributed by atoms with Crippen molar-refractivity contribution in [1.82, 2.24) is 20.1 Å². The number of amides is 3. The summed E-state index contributed by atoms with van der Waals surface area (Å²) in [7, 11) is 0. The molecule has 0 bridgehead atoms. The standard InChI is InChI=1S/C33H47N2O6.C17H26N2O4.C15H20ClNO2.2CO2.ClH/c1-24(25-14-9-8-10-15-25)28-17-11-12-19-35(28)31(38)39-23-34-18-13-16-26(21-34)29(36)20-27(22-40-32(2,3)4)30(37)41-33(5,6)7;1-16(2,3)22-11-13(15(21)23-17(4,5)6)19-14(20)12-8-7-9-18-10-12;1-12(13-7-3-2-4-8-13)14-9-5-6-10-17(14)15(18)19-11-16;2*2-1-3;/h8-10,13-16,18,21,24,27-28H,11-12,17,19-20,22-23H2,1-7H3;7-10,13H,11H2,1-6H3,(H,19,20);2-4,7-8,12,14H,5-6,9-11H2,1H3;;;1H/q+1;;;;;/p-1/t24-,27+,28?;13-;12-,14?;;;/m101.../s1. The number of aromatic nitrogens is 2. The minimum Gasteiger partial charge on any atom is -1.00 e. The highest BCUT2D eigenvalue weighted by Gasteiger charge is 2.36. The van der Waals surface area contributed by atoms with E-state index >= 15 is 0 Å². The molecule has 2 aliphatic rings. The molecule has 2 aromatic heterocycles. The number of rotatable bonds is 18. The Morgan fingerprint density at radius 3 is 1.51 bits per heavy atom. The summed E-state index contributed by atoms with van der Waals surface area (Å²) in [5, 5.41) is 2.65. The molecule has 6 rings (SSSR count). The molecule has 0 aliphatic carbocycles. The third-order valence-corrected chi connectivity index (χ3v) is 13.7. The minimum absolute atomic E-state index is 0. The van der Waals surface area contributed by atoms with Crippen LogP contribution in [0.4, 0.5) is 9.59 Å². The lowest BCUT2D eigenvalue weighted by Crippen LogP contribution is -3.00. The van der Waals surface area contributed by atoms with Crippen LogP contribution in [0.15, 0.2) is 110 Å². The lowest BCUT2D eigenvalue weighted by Gasteiger charge is -2.38. The molecule has 2 fully saturated rings. The zero-order valence-corrected chi connectivity index (χ0v) is 56.1. The lowest BCUT2D eigenvalue weighted by atomic mass is 9.87. The number of halogens is 2. The molecule has 23 heteroatoms. The zero-order valence-electron chi connectivity index (χ0n) is 54.6. The number of ketones is 1. The third kappa shape index (κ3) is 31.9. The first-order chi connectivity index (χ1) is 41.8. The second-order valence-corrected chi connectivity index (χ2v) is 25.5. The van der Waals surface area contributed by atoms with E-state index in [9.17, 15) is 28.8 Å². The second-order valence-electron chi connectivity index (χ2n) is 25.2. The first-order valence-corrected chi connectivity index (χ1v) is 30.3. The van der Waals surface area contributed by atoms with E-state index in [1.807, 2.05) is 87.7 Å². The van der Waals surface area contributed by atoms with Crippen LogP contribution in [-0.2, 0) is 63.9 Å². The fourth-order valence-electron chi connectivity index (χ4n) is 9.38. The summed E-state index contributed by atoms with van der Waals surface area (Å²) in [4.78, 5) is 116. The molecule has 0 spiro atoms. The van der Waals surface area contributed by atoms with Gasteiger partial charge in [0.25, 0.3) is 12.6 Å². The van der Waals surface area contributed by atoms with E-state index in [-0.39, 0.29) is 93.1 Å². The average molecular weight is 1300 g/mol. The summed E-state index contributed by atoms with van der Waals surface area (Å²) in [5.41, 5.74) is 1.04. The summed E-state index contributed by atoms with van der Waals surface area (Å²) in [6.07, 6.45) is 12.4. The van der Waals surface area contributed by atoms with Gasteiger partial charge in [0.15, 0.2) is 30.3 Å². The van der Waals surface area contributed by atoms with Gasteiger partial charge in [-0.25, -0.2) is 14.4 Å². The maximum absolute atomic E-state index is 13.2. The summed E-state index contributed by atoms with van der Waals surface area (Å²) in [6, 6.07) is 26.6. The predicted molar refractivity (Wildman–Crippen MR) is 330 cm³/mol. The molecule has 2 unspecified atom stereocenters. The number of piperidine rings is 2. The van der Waals surface area contributed by atoms with Gasteiger partial charge in [-0.3, -0.25) is 19.4 Å². The van der Waals surface area contributed by atoms with Crippen LogP contribution in [-0.4, -0.2) is 136 Å². The number of benzene rings is 2. The molecule has 90 heavy (non-hydrogen) atoms. The van der Waals surface area contributed by atoms with Crippen LogP contribution in [0.3, 0.4) is 0 Å². The minimum atomic E-state index is -0.888. The van der Waals surface area contributed by atoms with Gasteiger partial charge >= 0.3 is 36.4 Å². The molecule has 496 valence electrons. The Morgan fingerprint density at radius 2 is 1.07 bits per heavy atom. The van der Waals surface area contributed by atoms with Gasteiger partial charge in [-0.2, -0.15) is 23.7 Å². The zero-order chi connectivity index (χ0) is 67.0. The number of pyridine rings is 2. The van der Waals surface area contributed by atoms with E-state index in [4.69, 9.17) is 59.2 Å². The number of esters is 2. The predicted octanol–water partition coefficient (Wildman–Crippen LogP) is 8.22. The van der Waals surface area contributed by atoms with Gasteiger partial charge in [0.05, 0.1) is 41.5 Å². The molecule has 2 aromatic carbocycles. The molecular formula is C67H93Cl2N5O16. The van der Waals surface area contributed by atoms with Gasteiger partial charge in [0.1, 0.15) is 11.2 Å². The molecule has 4 aromatic rings. The molecule has 2 aliphatic heterocycles. The summed E-state index contributed by atoms with van der Waals surface area (Å²) < 4.78 is 34.7. The van der Waals surface area contributed by atoms with Gasteiger partial charge in [-0.15, -0.1) is 0 Å². The van der Waals surface area contributed by atoms with E-state index in [1.165, 1.54) is 17.3 Å². The van der Waals surface area contributed by atoms with Gasteiger partial charge in [0.2, 0.25) is 0 Å². The third-order valence-electron chi connectivity index (χ3n) is 13.6.